The highest BCUT2D eigenvalue weighted by Crippen LogP contribution is 2.36. The first-order valence-electron chi connectivity index (χ1n) is 9.22. The van der Waals surface area contributed by atoms with Gasteiger partial charge in [-0.05, 0) is 32.1 Å². The molecule has 0 bridgehead atoms. The van der Waals surface area contributed by atoms with E-state index in [0.29, 0.717) is 12.2 Å². The van der Waals surface area contributed by atoms with Crippen molar-refractivity contribution in [3.63, 3.8) is 0 Å². The van der Waals surface area contributed by atoms with Crippen molar-refractivity contribution in [2.24, 2.45) is 11.8 Å². The van der Waals surface area contributed by atoms with E-state index in [1.165, 1.54) is 44.9 Å². The van der Waals surface area contributed by atoms with E-state index in [1.54, 1.807) is 0 Å². The van der Waals surface area contributed by atoms with Crippen LogP contribution in [0.3, 0.4) is 0 Å². The molecule has 1 aliphatic carbocycles. The molecule has 0 amide bonds. The van der Waals surface area contributed by atoms with Gasteiger partial charge in [-0.2, -0.15) is 0 Å². The molecule has 1 fully saturated rings. The molecule has 1 rings (SSSR count). The van der Waals surface area contributed by atoms with Crippen molar-refractivity contribution in [2.75, 3.05) is 0 Å². The molecule has 2 nitrogen and oxygen atoms in total. The van der Waals surface area contributed by atoms with Crippen LogP contribution in [0.1, 0.15) is 97.8 Å². The summed E-state index contributed by atoms with van der Waals surface area (Å²) >= 11 is 0. The minimum Gasteiger partial charge on any atom is -0.390 e. The Morgan fingerprint density at radius 1 is 1.05 bits per heavy atom. The lowest BCUT2D eigenvalue weighted by atomic mass is 9.72. The molecule has 0 aliphatic heterocycles. The van der Waals surface area contributed by atoms with Crippen molar-refractivity contribution in [1.82, 2.24) is 0 Å². The Morgan fingerprint density at radius 3 is 2.19 bits per heavy atom. The third-order valence-corrected chi connectivity index (χ3v) is 5.36. The Balaban J connectivity index is 2.13. The van der Waals surface area contributed by atoms with Crippen LogP contribution >= 0.6 is 0 Å². The first-order chi connectivity index (χ1) is 9.97. The molecule has 0 radical (unpaired) electrons. The maximum atomic E-state index is 11.8. The average molecular weight is 296 g/mol. The Morgan fingerprint density at radius 2 is 1.62 bits per heavy atom. The Labute approximate surface area is 131 Å². The number of carbonyl (C=O) groups is 1. The summed E-state index contributed by atoms with van der Waals surface area (Å²) in [5.74, 6) is 0.744. The number of carbonyl (C=O) groups excluding carboxylic acids is 1. The summed E-state index contributed by atoms with van der Waals surface area (Å²) in [4.78, 5) is 11.8. The van der Waals surface area contributed by atoms with Crippen LogP contribution in [0.5, 0.6) is 0 Å². The molecule has 0 heterocycles. The van der Waals surface area contributed by atoms with Gasteiger partial charge in [0.05, 0.1) is 5.60 Å². The van der Waals surface area contributed by atoms with Crippen molar-refractivity contribution < 1.29 is 9.90 Å². The van der Waals surface area contributed by atoms with Crippen molar-refractivity contribution in [3.05, 3.63) is 0 Å². The van der Waals surface area contributed by atoms with Crippen molar-refractivity contribution in [1.29, 1.82) is 0 Å². The number of aliphatic hydroxyl groups is 1. The largest absolute Gasteiger partial charge is 0.390 e. The van der Waals surface area contributed by atoms with Gasteiger partial charge < -0.3 is 5.11 Å². The molecule has 0 spiro atoms. The predicted molar refractivity (Wildman–Crippen MR) is 89.4 cm³/mol. The van der Waals surface area contributed by atoms with Gasteiger partial charge in [-0.1, -0.05) is 65.2 Å². The van der Waals surface area contributed by atoms with Gasteiger partial charge in [0.2, 0.25) is 0 Å². The second-order valence-electron chi connectivity index (χ2n) is 7.43. The number of hydrogen-bond acceptors (Lipinski definition) is 2. The lowest BCUT2D eigenvalue weighted by Crippen LogP contribution is -2.39. The zero-order valence-electron chi connectivity index (χ0n) is 14.5. The second-order valence-corrected chi connectivity index (χ2v) is 7.43. The Kier molecular flexibility index (Phi) is 8.55. The number of Topliss-reactive ketones (excluding diaryl/α,β-unsaturated/α-hetero) is 1. The molecule has 0 aromatic heterocycles. The molecule has 0 aromatic carbocycles. The van der Waals surface area contributed by atoms with Crippen LogP contribution < -0.4 is 0 Å². The number of hydrogen-bond donors (Lipinski definition) is 1. The fourth-order valence-electron chi connectivity index (χ4n) is 3.51. The summed E-state index contributed by atoms with van der Waals surface area (Å²) in [6.45, 7) is 6.22. The van der Waals surface area contributed by atoms with Crippen molar-refractivity contribution >= 4 is 5.78 Å². The Hall–Kier alpha value is -0.370. The molecular weight excluding hydrogens is 260 g/mol. The van der Waals surface area contributed by atoms with Gasteiger partial charge >= 0.3 is 0 Å². The maximum absolute atomic E-state index is 11.8. The summed E-state index contributed by atoms with van der Waals surface area (Å²) in [5.41, 5.74) is -0.641. The highest BCUT2D eigenvalue weighted by molar-refractivity contribution is 5.81. The van der Waals surface area contributed by atoms with Gasteiger partial charge in [0.15, 0.2) is 0 Å². The van der Waals surface area contributed by atoms with E-state index in [-0.39, 0.29) is 11.8 Å². The lowest BCUT2D eigenvalue weighted by Gasteiger charge is -2.36. The van der Waals surface area contributed by atoms with Crippen LogP contribution in [0.25, 0.3) is 0 Å². The van der Waals surface area contributed by atoms with E-state index in [4.69, 9.17) is 0 Å². The molecule has 3 atom stereocenters. The van der Waals surface area contributed by atoms with Crippen LogP contribution in [-0.4, -0.2) is 16.5 Å². The van der Waals surface area contributed by atoms with Crippen molar-refractivity contribution in [2.45, 2.75) is 103 Å². The quantitative estimate of drug-likeness (QED) is 0.557. The topological polar surface area (TPSA) is 37.3 Å². The number of ketones is 1. The number of rotatable bonds is 10. The van der Waals surface area contributed by atoms with Gasteiger partial charge in [-0.3, -0.25) is 4.79 Å². The monoisotopic (exact) mass is 296 g/mol. The summed E-state index contributed by atoms with van der Waals surface area (Å²) in [6, 6.07) is 0. The van der Waals surface area contributed by atoms with E-state index in [2.05, 4.69) is 6.92 Å². The fourth-order valence-corrected chi connectivity index (χ4v) is 3.51. The molecule has 1 saturated carbocycles. The molecule has 0 saturated heterocycles. The highest BCUT2D eigenvalue weighted by Gasteiger charge is 2.36. The summed E-state index contributed by atoms with van der Waals surface area (Å²) in [5, 5.41) is 10.7. The van der Waals surface area contributed by atoms with Crippen molar-refractivity contribution in [3.8, 4) is 0 Å². The van der Waals surface area contributed by atoms with Crippen LogP contribution in [0, 0.1) is 11.8 Å². The zero-order valence-corrected chi connectivity index (χ0v) is 14.5. The minimum absolute atomic E-state index is 0.186. The Bertz CT molecular complexity index is 296. The van der Waals surface area contributed by atoms with Gasteiger partial charge in [-0.25, -0.2) is 0 Å². The molecule has 0 aromatic rings. The molecule has 1 N–H and O–H groups in total. The fraction of sp³-hybridized carbons (Fsp3) is 0.947. The van der Waals surface area contributed by atoms with Crippen LogP contribution in [0.2, 0.25) is 0 Å². The normalized spacial score (nSPS) is 25.8. The van der Waals surface area contributed by atoms with Crippen LogP contribution in [0.4, 0.5) is 0 Å². The zero-order chi connectivity index (χ0) is 15.7. The van der Waals surface area contributed by atoms with E-state index >= 15 is 0 Å². The SMILES string of the molecule is CCCCCCCCCCC(C)(O)C1CCC(C)C(=O)C1. The van der Waals surface area contributed by atoms with Crippen LogP contribution in [0.15, 0.2) is 0 Å². The van der Waals surface area contributed by atoms with E-state index in [0.717, 1.165) is 25.7 Å². The summed E-state index contributed by atoms with van der Waals surface area (Å²) in [6.07, 6.45) is 13.8. The molecule has 21 heavy (non-hydrogen) atoms. The summed E-state index contributed by atoms with van der Waals surface area (Å²) in [7, 11) is 0. The third-order valence-electron chi connectivity index (χ3n) is 5.36. The standard InChI is InChI=1S/C19H36O2/c1-4-5-6-7-8-9-10-11-14-19(3,21)17-13-12-16(2)18(20)15-17/h16-17,21H,4-15H2,1-3H3. The van der Waals surface area contributed by atoms with Gasteiger partial charge in [0.1, 0.15) is 5.78 Å². The van der Waals surface area contributed by atoms with Gasteiger partial charge in [-0.15, -0.1) is 0 Å². The van der Waals surface area contributed by atoms with Crippen LogP contribution in [-0.2, 0) is 4.79 Å². The summed E-state index contributed by atoms with van der Waals surface area (Å²) < 4.78 is 0. The van der Waals surface area contributed by atoms with Gasteiger partial charge in [0.25, 0.3) is 0 Å². The molecule has 124 valence electrons. The minimum atomic E-state index is -0.641. The number of unbranched alkanes of at least 4 members (excludes halogenated alkanes) is 7. The van der Waals surface area contributed by atoms with E-state index in [1.807, 2.05) is 13.8 Å². The third kappa shape index (κ3) is 6.95. The molecular formula is C19H36O2. The molecule has 1 aliphatic rings. The lowest BCUT2D eigenvalue weighted by molar-refractivity contribution is -0.130. The molecule has 3 unspecified atom stereocenters. The van der Waals surface area contributed by atoms with Gasteiger partial charge in [0, 0.05) is 12.3 Å². The van der Waals surface area contributed by atoms with E-state index in [9.17, 15) is 9.90 Å². The first kappa shape index (κ1) is 18.7. The first-order valence-corrected chi connectivity index (χ1v) is 9.22. The predicted octanol–water partition coefficient (Wildman–Crippen LogP) is 5.27. The molecule has 2 heteroatoms. The maximum Gasteiger partial charge on any atom is 0.136 e. The smallest absolute Gasteiger partial charge is 0.136 e. The van der Waals surface area contributed by atoms with E-state index < -0.39 is 5.60 Å². The average Bonchev–Trinajstić information content (AvgIpc) is 2.44. The highest BCUT2D eigenvalue weighted by atomic mass is 16.3. The second kappa shape index (κ2) is 9.61.